The smallest absolute Gasteiger partial charge is 0.354 e. The number of piperidine rings is 1. The van der Waals surface area contributed by atoms with Crippen molar-refractivity contribution in [2.75, 3.05) is 33.9 Å². The molecule has 1 aliphatic heterocycles. The van der Waals surface area contributed by atoms with Crippen LogP contribution in [-0.2, 0) is 14.3 Å². The molecule has 1 fully saturated rings. The highest BCUT2D eigenvalue weighted by Gasteiger charge is 2.23. The molecule has 2 heterocycles. The van der Waals surface area contributed by atoms with E-state index in [4.69, 9.17) is 4.74 Å². The molecule has 0 spiro atoms. The molecule has 0 aliphatic carbocycles. The lowest BCUT2D eigenvalue weighted by atomic mass is 10.0. The van der Waals surface area contributed by atoms with Crippen molar-refractivity contribution in [1.82, 2.24) is 9.47 Å². The summed E-state index contributed by atoms with van der Waals surface area (Å²) in [5, 5.41) is 0. The average Bonchev–Trinajstić information content (AvgIpc) is 3.04. The molecule has 2 rings (SSSR count). The molecule has 0 saturated carbocycles. The summed E-state index contributed by atoms with van der Waals surface area (Å²) >= 11 is 0. The van der Waals surface area contributed by atoms with Gasteiger partial charge in [-0.3, -0.25) is 4.79 Å². The number of hydrogen-bond donors (Lipinski definition) is 0. The molecule has 0 N–H and O–H groups in total. The van der Waals surface area contributed by atoms with Gasteiger partial charge in [0.1, 0.15) is 5.69 Å². The summed E-state index contributed by atoms with van der Waals surface area (Å²) in [6.45, 7) is 2.87. The zero-order chi connectivity index (χ0) is 15.9. The first-order chi connectivity index (χ1) is 10.7. The highest BCUT2D eigenvalue weighted by Crippen LogP contribution is 2.25. The fourth-order valence-electron chi connectivity index (χ4n) is 2.96. The SMILES string of the molecule is COC(=O)CCCN1CCC(n2cccc2C(=O)OC)CC1. The van der Waals surface area contributed by atoms with E-state index in [0.717, 1.165) is 38.9 Å². The molecule has 0 radical (unpaired) electrons. The molecule has 0 amide bonds. The fraction of sp³-hybridized carbons (Fsp3) is 0.625. The maximum Gasteiger partial charge on any atom is 0.354 e. The number of carbonyl (C=O) groups is 2. The Balaban J connectivity index is 1.81. The van der Waals surface area contributed by atoms with Gasteiger partial charge in [0, 0.05) is 31.7 Å². The third-order valence-electron chi connectivity index (χ3n) is 4.21. The minimum Gasteiger partial charge on any atom is -0.469 e. The van der Waals surface area contributed by atoms with E-state index in [1.807, 2.05) is 16.8 Å². The van der Waals surface area contributed by atoms with Gasteiger partial charge in [0.25, 0.3) is 0 Å². The van der Waals surface area contributed by atoms with Crippen molar-refractivity contribution >= 4 is 11.9 Å². The van der Waals surface area contributed by atoms with Crippen molar-refractivity contribution in [3.63, 3.8) is 0 Å². The van der Waals surface area contributed by atoms with Crippen LogP contribution in [0.2, 0.25) is 0 Å². The Hall–Kier alpha value is -1.82. The highest BCUT2D eigenvalue weighted by atomic mass is 16.5. The molecular formula is C16H24N2O4. The van der Waals surface area contributed by atoms with Gasteiger partial charge in [-0.25, -0.2) is 4.79 Å². The normalized spacial score (nSPS) is 16.5. The van der Waals surface area contributed by atoms with Crippen LogP contribution in [0.15, 0.2) is 18.3 Å². The lowest BCUT2D eigenvalue weighted by Crippen LogP contribution is -2.36. The van der Waals surface area contributed by atoms with Crippen molar-refractivity contribution in [3.05, 3.63) is 24.0 Å². The standard InChI is InChI=1S/C16H24N2O4/c1-21-15(19)6-4-9-17-11-7-13(8-12-17)18-10-3-5-14(18)16(20)22-2/h3,5,10,13H,4,6-9,11-12H2,1-2H3. The fourth-order valence-corrected chi connectivity index (χ4v) is 2.96. The topological polar surface area (TPSA) is 60.8 Å². The van der Waals surface area contributed by atoms with E-state index in [2.05, 4.69) is 9.64 Å². The van der Waals surface area contributed by atoms with Crippen molar-refractivity contribution < 1.29 is 19.1 Å². The number of hydrogen-bond acceptors (Lipinski definition) is 5. The third-order valence-corrected chi connectivity index (χ3v) is 4.21. The molecule has 0 bridgehead atoms. The molecule has 0 atom stereocenters. The van der Waals surface area contributed by atoms with Gasteiger partial charge in [-0.2, -0.15) is 0 Å². The predicted molar refractivity (Wildman–Crippen MR) is 81.7 cm³/mol. The van der Waals surface area contributed by atoms with Crippen LogP contribution in [-0.4, -0.2) is 55.3 Å². The highest BCUT2D eigenvalue weighted by molar-refractivity contribution is 5.87. The maximum atomic E-state index is 11.7. The van der Waals surface area contributed by atoms with Crippen LogP contribution < -0.4 is 0 Å². The summed E-state index contributed by atoms with van der Waals surface area (Å²) in [4.78, 5) is 25.2. The van der Waals surface area contributed by atoms with Gasteiger partial charge in [0.15, 0.2) is 0 Å². The largest absolute Gasteiger partial charge is 0.469 e. The van der Waals surface area contributed by atoms with Crippen LogP contribution in [0.25, 0.3) is 0 Å². The quantitative estimate of drug-likeness (QED) is 0.751. The van der Waals surface area contributed by atoms with Gasteiger partial charge in [0.05, 0.1) is 14.2 Å². The van der Waals surface area contributed by atoms with Crippen LogP contribution >= 0.6 is 0 Å². The minimum atomic E-state index is -0.287. The molecule has 0 unspecified atom stereocenters. The van der Waals surface area contributed by atoms with Crippen molar-refractivity contribution in [2.24, 2.45) is 0 Å². The van der Waals surface area contributed by atoms with Crippen molar-refractivity contribution in [3.8, 4) is 0 Å². The zero-order valence-electron chi connectivity index (χ0n) is 13.3. The molecule has 1 aromatic rings. The first-order valence-corrected chi connectivity index (χ1v) is 7.70. The van der Waals surface area contributed by atoms with E-state index >= 15 is 0 Å². The Kier molecular flexibility index (Phi) is 6.00. The number of carbonyl (C=O) groups excluding carboxylic acids is 2. The average molecular weight is 308 g/mol. The van der Waals surface area contributed by atoms with E-state index < -0.39 is 0 Å². The first-order valence-electron chi connectivity index (χ1n) is 7.70. The molecule has 22 heavy (non-hydrogen) atoms. The Morgan fingerprint density at radius 3 is 2.59 bits per heavy atom. The van der Waals surface area contributed by atoms with E-state index in [1.165, 1.54) is 14.2 Å². The van der Waals surface area contributed by atoms with Crippen LogP contribution in [0.3, 0.4) is 0 Å². The molecule has 122 valence electrons. The Bertz CT molecular complexity index is 504. The van der Waals surface area contributed by atoms with Crippen molar-refractivity contribution in [1.29, 1.82) is 0 Å². The van der Waals surface area contributed by atoms with Gasteiger partial charge < -0.3 is 18.9 Å². The summed E-state index contributed by atoms with van der Waals surface area (Å²) in [5.41, 5.74) is 0.617. The molecule has 1 aliphatic rings. The van der Waals surface area contributed by atoms with E-state index in [9.17, 15) is 9.59 Å². The third kappa shape index (κ3) is 4.10. The molecule has 1 saturated heterocycles. The lowest BCUT2D eigenvalue weighted by Gasteiger charge is -2.33. The summed E-state index contributed by atoms with van der Waals surface area (Å²) < 4.78 is 11.5. The number of rotatable bonds is 6. The number of methoxy groups -OCH3 is 2. The Morgan fingerprint density at radius 2 is 1.95 bits per heavy atom. The summed E-state index contributed by atoms with van der Waals surface area (Å²) in [6, 6.07) is 4.02. The summed E-state index contributed by atoms with van der Waals surface area (Å²) in [6.07, 6.45) is 5.24. The van der Waals surface area contributed by atoms with Crippen LogP contribution in [0.1, 0.15) is 42.2 Å². The summed E-state index contributed by atoms with van der Waals surface area (Å²) in [7, 11) is 2.83. The number of likely N-dealkylation sites (tertiary alicyclic amines) is 1. The van der Waals surface area contributed by atoms with Gasteiger partial charge in [-0.15, -0.1) is 0 Å². The lowest BCUT2D eigenvalue weighted by molar-refractivity contribution is -0.140. The molecule has 0 aromatic carbocycles. The van der Waals surface area contributed by atoms with E-state index in [1.54, 1.807) is 6.07 Å². The second-order valence-electron chi connectivity index (χ2n) is 5.54. The van der Waals surface area contributed by atoms with Crippen LogP contribution in [0, 0.1) is 0 Å². The number of ether oxygens (including phenoxy) is 2. The first kappa shape index (κ1) is 16.5. The Labute approximate surface area is 131 Å². The van der Waals surface area contributed by atoms with Crippen molar-refractivity contribution in [2.45, 2.75) is 31.7 Å². The number of nitrogens with zero attached hydrogens (tertiary/aromatic N) is 2. The molecular weight excluding hydrogens is 284 g/mol. The number of aromatic nitrogens is 1. The van der Waals surface area contributed by atoms with Gasteiger partial charge in [0.2, 0.25) is 0 Å². The number of esters is 2. The Morgan fingerprint density at radius 1 is 1.23 bits per heavy atom. The minimum absolute atomic E-state index is 0.148. The van der Waals surface area contributed by atoms with E-state index in [0.29, 0.717) is 18.2 Å². The maximum absolute atomic E-state index is 11.7. The zero-order valence-corrected chi connectivity index (χ0v) is 13.3. The second-order valence-corrected chi connectivity index (χ2v) is 5.54. The molecule has 6 nitrogen and oxygen atoms in total. The van der Waals surface area contributed by atoms with Gasteiger partial charge in [-0.1, -0.05) is 0 Å². The van der Waals surface area contributed by atoms with Crippen LogP contribution in [0.4, 0.5) is 0 Å². The summed E-state index contributed by atoms with van der Waals surface area (Å²) in [5.74, 6) is -0.435. The predicted octanol–water partition coefficient (Wildman–Crippen LogP) is 1.86. The second kappa shape index (κ2) is 7.98. The molecule has 1 aromatic heterocycles. The monoisotopic (exact) mass is 308 g/mol. The molecule has 6 heteroatoms. The van der Waals surface area contributed by atoms with Crippen LogP contribution in [0.5, 0.6) is 0 Å². The van der Waals surface area contributed by atoms with Gasteiger partial charge in [-0.05, 0) is 37.9 Å². The van der Waals surface area contributed by atoms with Gasteiger partial charge >= 0.3 is 11.9 Å². The van der Waals surface area contributed by atoms with E-state index in [-0.39, 0.29) is 11.9 Å².